The summed E-state index contributed by atoms with van der Waals surface area (Å²) in [5, 5.41) is 0. The molecule has 0 saturated carbocycles. The molecule has 6 heteroatoms. The number of hydrogen-bond donors (Lipinski definition) is 1. The lowest BCUT2D eigenvalue weighted by atomic mass is 10.1. The molecule has 0 aliphatic carbocycles. The Kier molecular flexibility index (Phi) is 4.08. The zero-order chi connectivity index (χ0) is 16.1. The molecule has 3 rings (SSSR count). The number of rotatable bonds is 5. The van der Waals surface area contributed by atoms with Gasteiger partial charge in [0.2, 0.25) is 0 Å². The quantitative estimate of drug-likeness (QED) is 0.730. The summed E-state index contributed by atoms with van der Waals surface area (Å²) >= 11 is 0. The van der Waals surface area contributed by atoms with Crippen molar-refractivity contribution in [1.29, 1.82) is 0 Å². The molecule has 0 bridgehead atoms. The van der Waals surface area contributed by atoms with Crippen molar-refractivity contribution < 1.29 is 9.47 Å². The van der Waals surface area contributed by atoms with Crippen LogP contribution in [0, 0.1) is 24.7 Å². The van der Waals surface area contributed by atoms with Crippen molar-refractivity contribution in [3.63, 3.8) is 0 Å². The Hall–Kier alpha value is -3.51. The lowest BCUT2D eigenvalue weighted by Crippen LogP contribution is -2.02. The number of nitrogens with zero attached hydrogens (tertiary/aromatic N) is 3. The van der Waals surface area contributed by atoms with Crippen molar-refractivity contribution in [3.05, 3.63) is 30.7 Å². The summed E-state index contributed by atoms with van der Waals surface area (Å²) in [6.07, 6.45) is 13.6. The van der Waals surface area contributed by atoms with E-state index < -0.39 is 0 Å². The second-order valence-corrected chi connectivity index (χ2v) is 4.46. The fourth-order valence-electron chi connectivity index (χ4n) is 2.09. The van der Waals surface area contributed by atoms with E-state index in [9.17, 15) is 0 Å². The predicted molar refractivity (Wildman–Crippen MR) is 85.8 cm³/mol. The number of benzene rings is 1. The molecule has 0 fully saturated rings. The Morgan fingerprint density at radius 2 is 1.96 bits per heavy atom. The number of aromatic nitrogens is 4. The molecule has 1 aromatic carbocycles. The maximum atomic E-state index is 5.64. The third-order valence-corrected chi connectivity index (χ3v) is 3.01. The minimum Gasteiger partial charge on any atom is -0.477 e. The first kappa shape index (κ1) is 14.4. The molecule has 112 valence electrons. The van der Waals surface area contributed by atoms with Crippen LogP contribution in [-0.2, 0) is 0 Å². The topological polar surface area (TPSA) is 72.9 Å². The monoisotopic (exact) mass is 304 g/mol. The molecule has 0 radical (unpaired) electrons. The molecule has 0 aliphatic rings. The number of imidazole rings is 1. The average molecular weight is 304 g/mol. The average Bonchev–Trinajstić information content (AvgIpc) is 3.02. The smallest absolute Gasteiger partial charge is 0.173 e. The summed E-state index contributed by atoms with van der Waals surface area (Å²) in [4.78, 5) is 15.7. The van der Waals surface area contributed by atoms with E-state index in [0.717, 1.165) is 0 Å². The first-order chi connectivity index (χ1) is 11.3. The molecule has 2 aromatic heterocycles. The molecular formula is C17H12N4O2. The summed E-state index contributed by atoms with van der Waals surface area (Å²) in [5.41, 5.74) is 1.99. The molecule has 0 unspecified atom stereocenters. The van der Waals surface area contributed by atoms with Gasteiger partial charge in [0.05, 0.1) is 11.8 Å². The van der Waals surface area contributed by atoms with E-state index in [-0.39, 0.29) is 13.2 Å². The van der Waals surface area contributed by atoms with Gasteiger partial charge in [-0.2, -0.15) is 0 Å². The van der Waals surface area contributed by atoms with E-state index in [4.69, 9.17) is 22.3 Å². The Morgan fingerprint density at radius 3 is 2.74 bits per heavy atom. The molecule has 0 aliphatic heterocycles. The largest absolute Gasteiger partial charge is 0.477 e. The Balaban J connectivity index is 2.09. The van der Waals surface area contributed by atoms with Gasteiger partial charge in [0.1, 0.15) is 30.9 Å². The van der Waals surface area contributed by atoms with Gasteiger partial charge in [-0.3, -0.25) is 0 Å². The highest BCUT2D eigenvalue weighted by atomic mass is 16.5. The third kappa shape index (κ3) is 2.92. The number of aromatic amines is 1. The van der Waals surface area contributed by atoms with Crippen molar-refractivity contribution >= 4 is 11.2 Å². The second kappa shape index (κ2) is 6.50. The summed E-state index contributed by atoms with van der Waals surface area (Å²) in [7, 11) is 0. The van der Waals surface area contributed by atoms with Gasteiger partial charge in [-0.1, -0.05) is 17.9 Å². The van der Waals surface area contributed by atoms with Crippen LogP contribution >= 0.6 is 0 Å². The molecule has 0 saturated heterocycles. The Morgan fingerprint density at radius 1 is 1.13 bits per heavy atom. The predicted octanol–water partition coefficient (Wildman–Crippen LogP) is 2.04. The number of hydrogen-bond acceptors (Lipinski definition) is 5. The zero-order valence-electron chi connectivity index (χ0n) is 12.1. The van der Waals surface area contributed by atoms with Gasteiger partial charge >= 0.3 is 0 Å². The summed E-state index contributed by atoms with van der Waals surface area (Å²) in [5.74, 6) is 6.42. The minimum atomic E-state index is 0.101. The molecule has 0 amide bonds. The molecule has 23 heavy (non-hydrogen) atoms. The summed E-state index contributed by atoms with van der Waals surface area (Å²) < 4.78 is 11.2. The Labute approximate surface area is 132 Å². The van der Waals surface area contributed by atoms with Crippen molar-refractivity contribution in [2.24, 2.45) is 0 Å². The van der Waals surface area contributed by atoms with E-state index in [1.807, 2.05) is 12.1 Å². The molecule has 2 heterocycles. The van der Waals surface area contributed by atoms with Crippen LogP contribution in [0.4, 0.5) is 0 Å². The van der Waals surface area contributed by atoms with Crippen LogP contribution in [0.2, 0.25) is 0 Å². The highest BCUT2D eigenvalue weighted by Crippen LogP contribution is 2.37. The van der Waals surface area contributed by atoms with Gasteiger partial charge in [0.15, 0.2) is 17.1 Å². The first-order valence-corrected chi connectivity index (χ1v) is 6.75. The van der Waals surface area contributed by atoms with E-state index in [1.165, 1.54) is 6.33 Å². The van der Waals surface area contributed by atoms with Crippen molar-refractivity contribution in [1.82, 2.24) is 19.9 Å². The maximum Gasteiger partial charge on any atom is 0.173 e. The van der Waals surface area contributed by atoms with Crippen LogP contribution in [0.25, 0.3) is 22.6 Å². The maximum absolute atomic E-state index is 5.64. The lowest BCUT2D eigenvalue weighted by Gasteiger charge is -2.13. The molecule has 0 spiro atoms. The number of fused-ring (bicyclic) bond motifs is 1. The highest BCUT2D eigenvalue weighted by molar-refractivity contribution is 5.78. The van der Waals surface area contributed by atoms with Crippen LogP contribution in [0.15, 0.2) is 30.7 Å². The van der Waals surface area contributed by atoms with Gasteiger partial charge in [-0.25, -0.2) is 15.0 Å². The van der Waals surface area contributed by atoms with E-state index in [0.29, 0.717) is 34.1 Å². The van der Waals surface area contributed by atoms with Crippen LogP contribution in [-0.4, -0.2) is 33.1 Å². The third-order valence-electron chi connectivity index (χ3n) is 3.01. The zero-order valence-corrected chi connectivity index (χ0v) is 12.1. The molecule has 0 atom stereocenters. The van der Waals surface area contributed by atoms with Crippen LogP contribution < -0.4 is 9.47 Å². The second-order valence-electron chi connectivity index (χ2n) is 4.46. The van der Waals surface area contributed by atoms with Crippen molar-refractivity contribution in [2.75, 3.05) is 13.2 Å². The number of H-pyrrole nitrogens is 1. The number of nitrogens with one attached hydrogen (secondary N) is 1. The van der Waals surface area contributed by atoms with Crippen LogP contribution in [0.1, 0.15) is 0 Å². The first-order valence-electron chi connectivity index (χ1n) is 6.75. The van der Waals surface area contributed by atoms with Crippen LogP contribution in [0.3, 0.4) is 0 Å². The number of terminal acetylenes is 2. The van der Waals surface area contributed by atoms with Gasteiger partial charge in [0.25, 0.3) is 0 Å². The molecule has 1 N–H and O–H groups in total. The normalized spacial score (nSPS) is 10.0. The molecule has 6 nitrogen and oxygen atoms in total. The van der Waals surface area contributed by atoms with Gasteiger partial charge in [-0.15, -0.1) is 12.8 Å². The summed E-state index contributed by atoms with van der Waals surface area (Å²) in [6.45, 7) is 0.227. The molecule has 3 aromatic rings. The SMILES string of the molecule is C#CCOc1cccc(-c2nc3cncnc3[nH]2)c1OCC#C. The lowest BCUT2D eigenvalue weighted by molar-refractivity contribution is 0.315. The van der Waals surface area contributed by atoms with E-state index in [2.05, 4.69) is 31.8 Å². The van der Waals surface area contributed by atoms with Gasteiger partial charge in [0, 0.05) is 0 Å². The minimum absolute atomic E-state index is 0.101. The number of ether oxygens (including phenoxy) is 2. The van der Waals surface area contributed by atoms with Crippen LogP contribution in [0.5, 0.6) is 11.5 Å². The standard InChI is InChI=1S/C17H12N4O2/c1-3-8-22-14-7-5-6-12(15(14)23-9-4-2)16-20-13-10-18-11-19-17(13)21-16/h1-2,5-7,10-11H,8-9H2,(H,18,19,20,21). The van der Waals surface area contributed by atoms with E-state index in [1.54, 1.807) is 12.3 Å². The fourth-order valence-corrected chi connectivity index (χ4v) is 2.09. The van der Waals surface area contributed by atoms with Crippen molar-refractivity contribution in [3.8, 4) is 47.6 Å². The number of para-hydroxylation sites is 1. The highest BCUT2D eigenvalue weighted by Gasteiger charge is 2.16. The summed E-state index contributed by atoms with van der Waals surface area (Å²) in [6, 6.07) is 5.43. The van der Waals surface area contributed by atoms with Crippen molar-refractivity contribution in [2.45, 2.75) is 0 Å². The molecular weight excluding hydrogens is 292 g/mol. The van der Waals surface area contributed by atoms with E-state index >= 15 is 0 Å². The Bertz CT molecular complexity index is 885. The van der Waals surface area contributed by atoms with Gasteiger partial charge in [-0.05, 0) is 12.1 Å². The fraction of sp³-hybridized carbons (Fsp3) is 0.118. The van der Waals surface area contributed by atoms with Gasteiger partial charge < -0.3 is 14.5 Å².